The molecule has 1 saturated heterocycles. The molecule has 43 heavy (non-hydrogen) atoms. The quantitative estimate of drug-likeness (QED) is 0.146. The molecule has 2 fully saturated rings. The van der Waals surface area contributed by atoms with Crippen LogP contribution in [0.2, 0.25) is 0 Å². The van der Waals surface area contributed by atoms with E-state index in [0.717, 1.165) is 37.7 Å². The lowest BCUT2D eigenvalue weighted by atomic mass is 9.76. The van der Waals surface area contributed by atoms with Gasteiger partial charge in [-0.1, -0.05) is 19.3 Å². The number of benzene rings is 2. The van der Waals surface area contributed by atoms with Gasteiger partial charge in [-0.3, -0.25) is 14.6 Å². The van der Waals surface area contributed by atoms with Crippen molar-refractivity contribution in [1.82, 2.24) is 5.32 Å². The van der Waals surface area contributed by atoms with Crippen molar-refractivity contribution in [3.8, 4) is 17.2 Å². The lowest BCUT2D eigenvalue weighted by Crippen LogP contribution is -2.60. The predicted molar refractivity (Wildman–Crippen MR) is 153 cm³/mol. The number of aliphatic hydroxyl groups excluding tert-OH is 4. The lowest BCUT2D eigenvalue weighted by Gasteiger charge is -2.40. The van der Waals surface area contributed by atoms with E-state index < -0.39 is 48.9 Å². The van der Waals surface area contributed by atoms with Gasteiger partial charge in [0.2, 0.25) is 12.1 Å². The fourth-order valence-corrected chi connectivity index (χ4v) is 6.13. The van der Waals surface area contributed by atoms with Gasteiger partial charge in [0.05, 0.1) is 24.8 Å². The van der Waals surface area contributed by atoms with E-state index in [1.165, 1.54) is 26.3 Å². The number of hydrogen-bond donors (Lipinski definition) is 7. The van der Waals surface area contributed by atoms with Gasteiger partial charge in [0.15, 0.2) is 11.7 Å². The van der Waals surface area contributed by atoms with Crippen LogP contribution in [-0.4, -0.2) is 94.5 Å². The van der Waals surface area contributed by atoms with Gasteiger partial charge in [-0.05, 0) is 36.5 Å². The van der Waals surface area contributed by atoms with Gasteiger partial charge in [-0.15, -0.1) is 0 Å². The van der Waals surface area contributed by atoms with Crippen molar-refractivity contribution in [3.05, 3.63) is 51.6 Å². The molecule has 1 saturated carbocycles. The molecule has 0 bridgehead atoms. The van der Waals surface area contributed by atoms with Crippen LogP contribution in [0, 0.1) is 0 Å². The number of nitrogens with two attached hydrogens (primary N) is 1. The highest BCUT2D eigenvalue weighted by Gasteiger charge is 2.46. The Morgan fingerprint density at radius 1 is 1.02 bits per heavy atom. The molecule has 1 aliphatic heterocycles. The zero-order valence-corrected chi connectivity index (χ0v) is 23.9. The Hall–Kier alpha value is -3.75. The van der Waals surface area contributed by atoms with Crippen LogP contribution >= 0.6 is 0 Å². The van der Waals surface area contributed by atoms with Crippen molar-refractivity contribution >= 4 is 17.5 Å². The number of carbonyl (C=O) groups is 2. The van der Waals surface area contributed by atoms with Crippen LogP contribution in [0.25, 0.3) is 0 Å². The number of nitrogens with one attached hydrogen (secondary N) is 1. The Bertz CT molecular complexity index is 1440. The van der Waals surface area contributed by atoms with Crippen molar-refractivity contribution in [2.45, 2.75) is 75.3 Å². The number of carbonyl (C=O) groups excluding carboxylic acids is 2. The van der Waals surface area contributed by atoms with Crippen LogP contribution in [0.4, 0.5) is 0 Å². The fraction of sp³-hybridized carbons (Fsp3) is 0.500. The third-order valence-electron chi connectivity index (χ3n) is 8.52. The molecule has 2 aromatic carbocycles. The number of aliphatic imine (C=N–C) groups is 1. The summed E-state index contributed by atoms with van der Waals surface area (Å²) in [4.78, 5) is 32.1. The summed E-state index contributed by atoms with van der Waals surface area (Å²) in [6, 6.07) is 4.39. The number of hydrogen-bond acceptors (Lipinski definition) is 11. The largest absolute Gasteiger partial charge is 0.507 e. The molecule has 8 N–H and O–H groups in total. The van der Waals surface area contributed by atoms with E-state index >= 15 is 0 Å². The number of guanidine groups is 1. The molecule has 13 heteroatoms. The first-order valence-corrected chi connectivity index (χ1v) is 14.2. The van der Waals surface area contributed by atoms with E-state index in [4.69, 9.17) is 19.9 Å². The monoisotopic (exact) mass is 599 g/mol. The number of phenols is 1. The van der Waals surface area contributed by atoms with Crippen LogP contribution < -0.4 is 20.5 Å². The number of phenolic OH excluding ortho intramolecular Hbond substituents is 1. The molecule has 232 valence electrons. The zero-order valence-electron chi connectivity index (χ0n) is 23.9. The molecule has 1 heterocycles. The average molecular weight is 600 g/mol. The van der Waals surface area contributed by atoms with Crippen molar-refractivity contribution in [2.75, 3.05) is 20.8 Å². The third-order valence-corrected chi connectivity index (χ3v) is 8.52. The summed E-state index contributed by atoms with van der Waals surface area (Å²) in [6.45, 7) is -0.619. The van der Waals surface area contributed by atoms with E-state index in [9.17, 15) is 35.1 Å². The van der Waals surface area contributed by atoms with Gasteiger partial charge in [0, 0.05) is 36.3 Å². The topological polar surface area (TPSA) is 213 Å². The van der Waals surface area contributed by atoms with Gasteiger partial charge in [0.25, 0.3) is 0 Å². The Morgan fingerprint density at radius 3 is 2.37 bits per heavy atom. The van der Waals surface area contributed by atoms with Crippen LogP contribution in [0.3, 0.4) is 0 Å². The second kappa shape index (κ2) is 12.5. The molecule has 0 amide bonds. The summed E-state index contributed by atoms with van der Waals surface area (Å²) in [5.74, 6) is -1.45. The van der Waals surface area contributed by atoms with Gasteiger partial charge < -0.3 is 50.8 Å². The minimum Gasteiger partial charge on any atom is -0.507 e. The number of aliphatic hydroxyl groups is 4. The summed E-state index contributed by atoms with van der Waals surface area (Å²) in [5.41, 5.74) is 6.65. The highest BCUT2D eigenvalue weighted by atomic mass is 16.7. The van der Waals surface area contributed by atoms with E-state index in [-0.39, 0.29) is 57.9 Å². The van der Waals surface area contributed by atoms with Crippen molar-refractivity contribution in [2.24, 2.45) is 10.7 Å². The Kier molecular flexibility index (Phi) is 8.90. The van der Waals surface area contributed by atoms with E-state index in [2.05, 4.69) is 10.3 Å². The second-order valence-corrected chi connectivity index (χ2v) is 11.0. The molecule has 0 spiro atoms. The predicted octanol–water partition coefficient (Wildman–Crippen LogP) is 0.437. The molecular formula is C30H37N3O10. The first kappa shape index (κ1) is 30.7. The maximum Gasteiger partial charge on any atom is 0.229 e. The Balaban J connectivity index is 1.62. The smallest absolute Gasteiger partial charge is 0.229 e. The molecule has 2 aliphatic carbocycles. The van der Waals surface area contributed by atoms with E-state index in [1.54, 1.807) is 6.07 Å². The standard InChI is InChI=1S/C30H37N3O10/c1-32-30(31)33-11-18-15(13-6-4-3-5-7-13)10-17-22(24(18)36)26(38)21-16(23(17)35)8-14(41-2)9-19(21)42-29-28(40)27(39)25(37)20(12-34)43-29/h8-10,13,20,25,27-29,34,36-37,39-40H,3-7,11-12H2,1-2H3,(H3,31,32,33)/t20-,25-,27+,28-,29+/m1/s1. The molecule has 0 unspecified atom stereocenters. The molecular weight excluding hydrogens is 562 g/mol. The molecule has 5 atom stereocenters. The van der Waals surface area contributed by atoms with Gasteiger partial charge in [-0.25, -0.2) is 0 Å². The number of nitrogens with zero attached hydrogens (tertiary/aromatic N) is 1. The van der Waals surface area contributed by atoms with Gasteiger partial charge in [0.1, 0.15) is 41.7 Å². The summed E-state index contributed by atoms with van der Waals surface area (Å²) >= 11 is 0. The normalized spacial score (nSPS) is 26.1. The molecule has 2 aromatic rings. The Labute approximate surface area is 247 Å². The Morgan fingerprint density at radius 2 is 1.72 bits per heavy atom. The third kappa shape index (κ3) is 5.54. The highest BCUT2D eigenvalue weighted by molar-refractivity contribution is 6.30. The minimum atomic E-state index is -1.77. The number of ether oxygens (including phenoxy) is 3. The average Bonchev–Trinajstić information content (AvgIpc) is 3.02. The van der Waals surface area contributed by atoms with E-state index in [0.29, 0.717) is 5.56 Å². The summed E-state index contributed by atoms with van der Waals surface area (Å²) in [5, 5.41) is 55.1. The SMILES string of the molecule is CN=C(N)NCc1c(C2CCCCC2)cc2c(c1O)C(=O)c1c(O[C@H]3O[C@H](CO)[C@@H](O)[C@H](O)[C@H]3O)cc(OC)cc1C2=O. The molecule has 0 radical (unpaired) electrons. The molecule has 13 nitrogen and oxygen atoms in total. The maximum absolute atomic E-state index is 14.2. The van der Waals surface area contributed by atoms with Gasteiger partial charge in [-0.2, -0.15) is 0 Å². The highest BCUT2D eigenvalue weighted by Crippen LogP contribution is 2.45. The fourth-order valence-electron chi connectivity index (χ4n) is 6.13. The minimum absolute atomic E-state index is 0.0429. The van der Waals surface area contributed by atoms with Gasteiger partial charge >= 0.3 is 0 Å². The molecule has 5 rings (SSSR count). The lowest BCUT2D eigenvalue weighted by molar-refractivity contribution is -0.277. The van der Waals surface area contributed by atoms with Crippen LogP contribution in [0.1, 0.15) is 81.0 Å². The number of rotatable bonds is 7. The van der Waals surface area contributed by atoms with Crippen molar-refractivity contribution in [3.63, 3.8) is 0 Å². The first-order valence-electron chi connectivity index (χ1n) is 14.2. The van der Waals surface area contributed by atoms with Crippen molar-refractivity contribution < 1.29 is 49.3 Å². The first-order chi connectivity index (χ1) is 20.6. The summed E-state index contributed by atoms with van der Waals surface area (Å²) < 4.78 is 16.7. The van der Waals surface area contributed by atoms with E-state index in [1.807, 2.05) is 0 Å². The maximum atomic E-state index is 14.2. The molecule has 3 aliphatic rings. The number of fused-ring (bicyclic) bond motifs is 2. The number of ketones is 2. The number of aromatic hydroxyl groups is 1. The van der Waals surface area contributed by atoms with Crippen LogP contribution in [0.5, 0.6) is 17.2 Å². The number of methoxy groups -OCH3 is 1. The summed E-state index contributed by atoms with van der Waals surface area (Å²) in [7, 11) is 2.88. The zero-order chi connectivity index (χ0) is 31.0. The molecule has 0 aromatic heterocycles. The second-order valence-electron chi connectivity index (χ2n) is 11.0. The van der Waals surface area contributed by atoms with Crippen molar-refractivity contribution in [1.29, 1.82) is 0 Å². The van der Waals surface area contributed by atoms with Crippen LogP contribution in [0.15, 0.2) is 23.2 Å². The van der Waals surface area contributed by atoms with Crippen LogP contribution in [-0.2, 0) is 11.3 Å². The summed E-state index contributed by atoms with van der Waals surface area (Å²) in [6.07, 6.45) is -3.18.